The summed E-state index contributed by atoms with van der Waals surface area (Å²) in [5, 5.41) is 8.63. The van der Waals surface area contributed by atoms with Crippen LogP contribution in [0.1, 0.15) is 19.8 Å². The monoisotopic (exact) mass is 409 g/mol. The maximum atomic E-state index is 6.20. The van der Waals surface area contributed by atoms with Crippen molar-refractivity contribution < 1.29 is 0 Å². The summed E-state index contributed by atoms with van der Waals surface area (Å²) in [6, 6.07) is 1.79. The Morgan fingerprint density at radius 3 is 2.81 bits per heavy atom. The molecule has 0 radical (unpaired) electrons. The normalized spacial score (nSPS) is 17.0. The maximum Gasteiger partial charge on any atom is 0.177 e. The number of nitrogens with one attached hydrogen (secondary N) is 1. The molecule has 3 N–H and O–H groups in total. The smallest absolute Gasteiger partial charge is 0.177 e. The number of piperidine rings is 1. The third-order valence-corrected chi connectivity index (χ3v) is 6.39. The highest BCUT2D eigenvalue weighted by Crippen LogP contribution is 2.37. The summed E-state index contributed by atoms with van der Waals surface area (Å²) in [7, 11) is 0. The lowest BCUT2D eigenvalue weighted by Crippen LogP contribution is -2.48. The molecule has 0 amide bonds. The molecule has 0 unspecified atom stereocenters. The Morgan fingerprint density at radius 2 is 2.04 bits per heavy atom. The van der Waals surface area contributed by atoms with Gasteiger partial charge in [0.05, 0.1) is 11.2 Å². The lowest BCUT2D eigenvalue weighted by atomic mass is 9.91. The van der Waals surface area contributed by atoms with Crippen molar-refractivity contribution in [3.8, 4) is 0 Å². The fourth-order valence-corrected chi connectivity index (χ4v) is 4.13. The minimum Gasteiger partial charge on any atom is -0.355 e. The van der Waals surface area contributed by atoms with Gasteiger partial charge in [-0.1, -0.05) is 35.0 Å². The predicted octanol–water partition coefficient (Wildman–Crippen LogP) is 3.52. The number of H-pyrrole nitrogens is 1. The van der Waals surface area contributed by atoms with Crippen LogP contribution in [0.3, 0.4) is 0 Å². The fraction of sp³-hybridized carbons (Fsp3) is 0.375. The first-order chi connectivity index (χ1) is 12.4. The van der Waals surface area contributed by atoms with Crippen LogP contribution in [0.4, 0.5) is 5.82 Å². The molecule has 3 aromatic rings. The molecule has 1 saturated heterocycles. The Morgan fingerprint density at radius 1 is 1.27 bits per heavy atom. The van der Waals surface area contributed by atoms with Crippen molar-refractivity contribution in [3.63, 3.8) is 0 Å². The number of hydrogen-bond acceptors (Lipinski definition) is 7. The summed E-state index contributed by atoms with van der Waals surface area (Å²) in [4.78, 5) is 16.2. The van der Waals surface area contributed by atoms with Gasteiger partial charge in [0.15, 0.2) is 10.7 Å². The van der Waals surface area contributed by atoms with Gasteiger partial charge in [-0.2, -0.15) is 5.10 Å². The average Bonchev–Trinajstić information content (AvgIpc) is 3.01. The second kappa shape index (κ2) is 6.84. The summed E-state index contributed by atoms with van der Waals surface area (Å²) in [5.74, 6) is 0.832. The zero-order valence-electron chi connectivity index (χ0n) is 14.0. The van der Waals surface area contributed by atoms with Gasteiger partial charge < -0.3 is 10.6 Å². The third kappa shape index (κ3) is 3.46. The summed E-state index contributed by atoms with van der Waals surface area (Å²) >= 11 is 13.6. The van der Waals surface area contributed by atoms with Crippen LogP contribution in [0.25, 0.3) is 11.2 Å². The van der Waals surface area contributed by atoms with Crippen LogP contribution in [-0.4, -0.2) is 43.8 Å². The fourth-order valence-electron chi connectivity index (χ4n) is 2.83. The van der Waals surface area contributed by atoms with E-state index in [1.165, 1.54) is 11.8 Å². The molecule has 10 heteroatoms. The van der Waals surface area contributed by atoms with E-state index in [4.69, 9.17) is 28.9 Å². The Kier molecular flexibility index (Phi) is 4.68. The highest BCUT2D eigenvalue weighted by atomic mass is 35.5. The predicted molar refractivity (Wildman–Crippen MR) is 104 cm³/mol. The summed E-state index contributed by atoms with van der Waals surface area (Å²) in [6.07, 6.45) is 5.25. The largest absolute Gasteiger partial charge is 0.355 e. The van der Waals surface area contributed by atoms with E-state index in [1.807, 2.05) is 0 Å². The van der Waals surface area contributed by atoms with Crippen LogP contribution in [0.2, 0.25) is 10.2 Å². The minimum absolute atomic E-state index is 0.100. The molecule has 1 fully saturated rings. The highest BCUT2D eigenvalue weighted by molar-refractivity contribution is 7.99. The van der Waals surface area contributed by atoms with Gasteiger partial charge >= 0.3 is 0 Å². The van der Waals surface area contributed by atoms with Crippen molar-refractivity contribution in [2.45, 2.75) is 35.2 Å². The number of aromatic nitrogens is 5. The molecule has 0 spiro atoms. The van der Waals surface area contributed by atoms with Crippen LogP contribution in [0.15, 0.2) is 28.4 Å². The molecular weight excluding hydrogens is 393 g/mol. The molecule has 4 heterocycles. The molecule has 0 aliphatic carbocycles. The van der Waals surface area contributed by atoms with Crippen molar-refractivity contribution in [1.82, 2.24) is 25.1 Å². The van der Waals surface area contributed by atoms with E-state index >= 15 is 0 Å². The molecule has 0 saturated carbocycles. The van der Waals surface area contributed by atoms with Gasteiger partial charge in [-0.15, -0.1) is 0 Å². The van der Waals surface area contributed by atoms with E-state index in [2.05, 4.69) is 37.0 Å². The number of anilines is 1. The number of nitrogens with two attached hydrogens (primary N) is 1. The number of halogens is 2. The number of nitrogens with zero attached hydrogens (tertiary/aromatic N) is 5. The SMILES string of the molecule is CC1(N)CCN(c2cnc3c(Sc4ccnc(Cl)c4Cl)n[nH]c3n2)CC1. The summed E-state index contributed by atoms with van der Waals surface area (Å²) in [5.41, 5.74) is 7.44. The molecule has 4 rings (SSSR count). The lowest BCUT2D eigenvalue weighted by Gasteiger charge is -2.37. The molecule has 3 aromatic heterocycles. The molecule has 136 valence electrons. The maximum absolute atomic E-state index is 6.20. The minimum atomic E-state index is -0.100. The number of pyridine rings is 1. The van der Waals surface area contributed by atoms with Crippen molar-refractivity contribution in [3.05, 3.63) is 28.6 Å². The first-order valence-corrected chi connectivity index (χ1v) is 9.73. The Bertz CT molecular complexity index is 949. The molecule has 26 heavy (non-hydrogen) atoms. The van der Waals surface area contributed by atoms with E-state index < -0.39 is 0 Å². The lowest BCUT2D eigenvalue weighted by molar-refractivity contribution is 0.363. The number of hydrogen-bond donors (Lipinski definition) is 2. The molecule has 7 nitrogen and oxygen atoms in total. The van der Waals surface area contributed by atoms with E-state index in [0.717, 1.165) is 36.6 Å². The number of fused-ring (bicyclic) bond motifs is 1. The second-order valence-corrected chi connectivity index (χ2v) is 8.38. The third-order valence-electron chi connectivity index (χ3n) is 4.47. The molecular formula is C16H17Cl2N7S. The van der Waals surface area contributed by atoms with Gasteiger partial charge in [0, 0.05) is 29.7 Å². The van der Waals surface area contributed by atoms with Crippen molar-refractivity contribution >= 4 is 51.9 Å². The van der Waals surface area contributed by atoms with Crippen molar-refractivity contribution in [2.24, 2.45) is 5.73 Å². The van der Waals surface area contributed by atoms with Crippen LogP contribution in [0, 0.1) is 0 Å². The first-order valence-electron chi connectivity index (χ1n) is 8.16. The average molecular weight is 410 g/mol. The van der Waals surface area contributed by atoms with Gasteiger partial charge in [0.2, 0.25) is 0 Å². The van der Waals surface area contributed by atoms with Crippen LogP contribution in [0.5, 0.6) is 0 Å². The van der Waals surface area contributed by atoms with Gasteiger partial charge in [-0.3, -0.25) is 5.10 Å². The Hall–Kier alpha value is -1.61. The molecule has 0 aromatic carbocycles. The number of rotatable bonds is 3. The number of aromatic amines is 1. The van der Waals surface area contributed by atoms with E-state index in [-0.39, 0.29) is 10.7 Å². The summed E-state index contributed by atoms with van der Waals surface area (Å²) < 4.78 is 0. The molecule has 0 atom stereocenters. The van der Waals surface area contributed by atoms with Crippen molar-refractivity contribution in [1.29, 1.82) is 0 Å². The van der Waals surface area contributed by atoms with Gasteiger partial charge in [0.1, 0.15) is 16.5 Å². The van der Waals surface area contributed by atoms with E-state index in [1.54, 1.807) is 18.5 Å². The van der Waals surface area contributed by atoms with Crippen LogP contribution < -0.4 is 10.6 Å². The van der Waals surface area contributed by atoms with Crippen LogP contribution in [-0.2, 0) is 0 Å². The molecule has 0 bridgehead atoms. The first kappa shape index (κ1) is 17.8. The van der Waals surface area contributed by atoms with E-state index in [0.29, 0.717) is 21.2 Å². The van der Waals surface area contributed by atoms with Gasteiger partial charge in [0.25, 0.3) is 0 Å². The second-order valence-electron chi connectivity index (χ2n) is 6.61. The quantitative estimate of drug-likeness (QED) is 0.638. The zero-order chi connectivity index (χ0) is 18.3. The highest BCUT2D eigenvalue weighted by Gasteiger charge is 2.27. The molecule has 1 aliphatic rings. The zero-order valence-corrected chi connectivity index (χ0v) is 16.4. The topological polar surface area (TPSA) is 96.6 Å². The van der Waals surface area contributed by atoms with Gasteiger partial charge in [-0.05, 0) is 25.8 Å². The van der Waals surface area contributed by atoms with E-state index in [9.17, 15) is 0 Å². The van der Waals surface area contributed by atoms with Crippen molar-refractivity contribution in [2.75, 3.05) is 18.0 Å². The van der Waals surface area contributed by atoms with Crippen LogP contribution >= 0.6 is 35.0 Å². The van der Waals surface area contributed by atoms with Gasteiger partial charge in [-0.25, -0.2) is 15.0 Å². The Balaban J connectivity index is 1.59. The standard InChI is InChI=1S/C16H17Cl2N7S/c1-16(19)3-6-25(7-4-16)10-8-21-12-14(22-10)23-24-15(12)26-9-2-5-20-13(18)11(9)17/h2,5,8H,3-4,6-7,19H2,1H3,(H,22,23,24). The summed E-state index contributed by atoms with van der Waals surface area (Å²) in [6.45, 7) is 3.83. The molecule has 1 aliphatic heterocycles. The Labute approximate surface area is 164 Å².